The molecule has 5 rings (SSSR count). The Morgan fingerprint density at radius 3 is 2.76 bits per heavy atom. The van der Waals surface area contributed by atoms with Crippen molar-refractivity contribution in [1.82, 2.24) is 19.5 Å². The molecule has 1 aliphatic heterocycles. The number of nitrogens with two attached hydrogens (primary N) is 1. The number of rotatable bonds is 9. The number of ether oxygens (including phenoxy) is 3. The molecule has 0 aliphatic carbocycles. The number of carboxylic acids is 1. The number of carboxylic acid groups (broad SMARTS) is 1. The van der Waals surface area contributed by atoms with Gasteiger partial charge in [-0.3, -0.25) is 9.09 Å². The average molecular weight is 665 g/mol. The molecule has 0 saturated carbocycles. The summed E-state index contributed by atoms with van der Waals surface area (Å²) in [6.07, 6.45) is -3.71. The monoisotopic (exact) mass is 664 g/mol. The summed E-state index contributed by atoms with van der Waals surface area (Å²) in [6.45, 7) is 2.40. The first-order valence-electron chi connectivity index (χ1n) is 12.5. The first-order valence-corrected chi connectivity index (χ1v) is 14.4. The third-order valence-electron chi connectivity index (χ3n) is 6.71. The predicted octanol–water partition coefficient (Wildman–Crippen LogP) is 2.13. The van der Waals surface area contributed by atoms with Crippen molar-refractivity contribution in [3.8, 4) is 17.4 Å². The van der Waals surface area contributed by atoms with E-state index >= 15 is 0 Å². The fourth-order valence-electron chi connectivity index (χ4n) is 4.54. The number of aliphatic carboxylic acids is 1. The molecule has 15 nitrogen and oxygen atoms in total. The fraction of sp³-hybridized carbons (Fsp3) is 0.360. The van der Waals surface area contributed by atoms with Crippen molar-refractivity contribution in [1.29, 1.82) is 0 Å². The van der Waals surface area contributed by atoms with Crippen molar-refractivity contribution < 1.29 is 43.7 Å². The van der Waals surface area contributed by atoms with Gasteiger partial charge in [0.2, 0.25) is 17.6 Å². The second kappa shape index (κ2) is 11.6. The minimum atomic E-state index is -2.78. The molecule has 4 aromatic rings. The number of nitrogens with zero attached hydrogens (tertiary/aromatic N) is 5. The normalized spacial score (nSPS) is 23.3. The number of halogens is 1. The van der Waals surface area contributed by atoms with Gasteiger partial charge in [0.25, 0.3) is 0 Å². The molecule has 2 aromatic heterocycles. The molecule has 42 heavy (non-hydrogen) atoms. The summed E-state index contributed by atoms with van der Waals surface area (Å²) in [7, 11) is -1.38. The Hall–Kier alpha value is -3.66. The quantitative estimate of drug-likeness (QED) is 0.149. The molecule has 0 radical (unpaired) electrons. The number of fused-ring (bicyclic) bond motifs is 2. The smallest absolute Gasteiger partial charge is 0.395 e. The largest absolute Gasteiger partial charge is 0.575 e. The summed E-state index contributed by atoms with van der Waals surface area (Å²) in [5, 5.41) is 32.8. The molecule has 1 fully saturated rings. The first-order chi connectivity index (χ1) is 19.9. The lowest BCUT2D eigenvalue weighted by Crippen LogP contribution is -2.44. The first kappa shape index (κ1) is 29.8. The van der Waals surface area contributed by atoms with E-state index in [4.69, 9.17) is 29.6 Å². The van der Waals surface area contributed by atoms with E-state index < -0.39 is 44.2 Å². The number of imidazole rings is 1. The molecule has 0 amide bonds. The molecule has 2 unspecified atom stereocenters. The van der Waals surface area contributed by atoms with E-state index in [1.165, 1.54) is 25.5 Å². The van der Waals surface area contributed by atoms with Crippen LogP contribution >= 0.6 is 24.1 Å². The van der Waals surface area contributed by atoms with E-state index in [1.807, 2.05) is 0 Å². The van der Waals surface area contributed by atoms with Crippen LogP contribution in [0.3, 0.4) is 0 Å². The molecule has 222 valence electrons. The molecule has 3 heterocycles. The number of nitrogen functional groups attached to an aromatic ring is 1. The maximum Gasteiger partial charge on any atom is 0.395 e. The molecule has 0 bridgehead atoms. The maximum atomic E-state index is 12.6. The van der Waals surface area contributed by atoms with Gasteiger partial charge < -0.3 is 40.2 Å². The second-order valence-corrected chi connectivity index (χ2v) is 11.2. The van der Waals surface area contributed by atoms with Crippen molar-refractivity contribution in [2.45, 2.75) is 43.9 Å². The highest BCUT2D eigenvalue weighted by Crippen LogP contribution is 2.44. The lowest BCUT2D eigenvalue weighted by Gasteiger charge is -2.27. The molecule has 17 heteroatoms. The van der Waals surface area contributed by atoms with E-state index in [2.05, 4.69) is 35.6 Å². The summed E-state index contributed by atoms with van der Waals surface area (Å²) < 4.78 is 28.2. The van der Waals surface area contributed by atoms with Crippen LogP contribution in [0, 0.1) is 0 Å². The van der Waals surface area contributed by atoms with Crippen LogP contribution < -0.4 is 24.6 Å². The number of hydrogen-bond donors (Lipinski definition) is 4. The van der Waals surface area contributed by atoms with Crippen LogP contribution in [0.2, 0.25) is 0 Å². The van der Waals surface area contributed by atoms with E-state index in [0.717, 1.165) is 5.39 Å². The Morgan fingerprint density at radius 1 is 1.31 bits per heavy atom. The van der Waals surface area contributed by atoms with Gasteiger partial charge in [0, 0.05) is 5.39 Å². The second-order valence-electron chi connectivity index (χ2n) is 9.60. The zero-order valence-corrected chi connectivity index (χ0v) is 24.9. The highest BCUT2D eigenvalue weighted by Gasteiger charge is 2.54. The summed E-state index contributed by atoms with van der Waals surface area (Å²) >= 11 is 3.35. The van der Waals surface area contributed by atoms with Crippen molar-refractivity contribution >= 4 is 58.0 Å². The summed E-state index contributed by atoms with van der Waals surface area (Å²) in [5.74, 6) is -1.04. The van der Waals surface area contributed by atoms with Crippen molar-refractivity contribution in [3.63, 3.8) is 0 Å². The molecule has 2 aromatic carbocycles. The topological polar surface area (TPSA) is 220 Å². The number of anilines is 1. The van der Waals surface area contributed by atoms with Crippen LogP contribution in [0.1, 0.15) is 20.1 Å². The number of methoxy groups -OCH3 is 1. The number of aliphatic hydroxyl groups is 2. The lowest BCUT2D eigenvalue weighted by molar-refractivity contribution is -0.169. The zero-order valence-electron chi connectivity index (χ0n) is 22.4. The third kappa shape index (κ3) is 5.44. The number of aromatic nitrogens is 4. The molecular formula is C25H26BrN6O9P. The summed E-state index contributed by atoms with van der Waals surface area (Å²) in [4.78, 5) is 36.4. The van der Waals surface area contributed by atoms with Gasteiger partial charge in [-0.25, -0.2) is 9.78 Å². The number of aliphatic hydroxyl groups excluding tert-OH is 1. The maximum absolute atomic E-state index is 12.6. The van der Waals surface area contributed by atoms with Gasteiger partial charge in [0.05, 0.1) is 7.11 Å². The molecule has 5 N–H and O–H groups in total. The zero-order chi connectivity index (χ0) is 30.3. The van der Waals surface area contributed by atoms with Gasteiger partial charge in [0.1, 0.15) is 24.4 Å². The van der Waals surface area contributed by atoms with Gasteiger partial charge in [-0.05, 0) is 41.2 Å². The summed E-state index contributed by atoms with van der Waals surface area (Å²) in [5.41, 5.74) is 4.43. The molecular weight excluding hydrogens is 639 g/mol. The Bertz CT molecular complexity index is 1700. The Balaban J connectivity index is 1.45. The van der Waals surface area contributed by atoms with Crippen molar-refractivity contribution in [2.24, 2.45) is 4.74 Å². The van der Waals surface area contributed by atoms with Crippen LogP contribution in [-0.4, -0.2) is 78.4 Å². The summed E-state index contributed by atoms with van der Waals surface area (Å²) in [6, 6.07) is 9.14. The molecule has 0 spiro atoms. The SMILES string of the molecule is COc1nc(N)nc2c1nc(Br)n2[C@@H]1O[C@H](COc2ccc3ccccc3c2O/[P+]([O-])=N/C(C)C(=O)O)[C@@H](O)[C@@]1(C)O. The minimum Gasteiger partial charge on any atom is -0.575 e. The van der Waals surface area contributed by atoms with Crippen LogP contribution in [0.5, 0.6) is 17.4 Å². The van der Waals surface area contributed by atoms with E-state index in [1.54, 1.807) is 36.4 Å². The van der Waals surface area contributed by atoms with E-state index in [9.17, 15) is 19.9 Å². The van der Waals surface area contributed by atoms with E-state index in [-0.39, 0.29) is 45.8 Å². The van der Waals surface area contributed by atoms with Gasteiger partial charge >= 0.3 is 14.1 Å². The van der Waals surface area contributed by atoms with Gasteiger partial charge in [-0.1, -0.05) is 35.1 Å². The van der Waals surface area contributed by atoms with Gasteiger partial charge in [0.15, 0.2) is 33.9 Å². The lowest BCUT2D eigenvalue weighted by atomic mass is 9.96. The molecule has 1 saturated heterocycles. The number of hydrogen-bond acceptors (Lipinski definition) is 13. The van der Waals surface area contributed by atoms with E-state index in [0.29, 0.717) is 5.39 Å². The third-order valence-corrected chi connectivity index (χ3v) is 8.14. The Labute approximate surface area is 247 Å². The van der Waals surface area contributed by atoms with Crippen LogP contribution in [-0.2, 0) is 9.53 Å². The predicted molar refractivity (Wildman–Crippen MR) is 151 cm³/mol. The van der Waals surface area contributed by atoms with Gasteiger partial charge in [-0.15, -0.1) is 0 Å². The Morgan fingerprint density at radius 2 is 2.05 bits per heavy atom. The molecule has 6 atom stereocenters. The van der Waals surface area contributed by atoms with Crippen LogP contribution in [0.4, 0.5) is 5.95 Å². The fourth-order valence-corrected chi connectivity index (χ4v) is 5.84. The highest BCUT2D eigenvalue weighted by atomic mass is 79.9. The van der Waals surface area contributed by atoms with Crippen LogP contribution in [0.15, 0.2) is 45.9 Å². The number of benzene rings is 2. The minimum absolute atomic E-state index is 0.0639. The standard InChI is InChI=1S/C25H26BrN6O9P/c1-11(21(34)35)31-42(37)41-17-13-7-5-4-6-12(13)8-9-14(17)39-10-15-18(33)25(2,36)22(40-15)32-19-16(28-23(32)26)20(38-3)30-24(27)29-19/h4-9,11,15,18,22,33,36H,10H2,1-3H3,(H,34,35)(H2,27,29,30)/t11?,15-,18-,22-,25-/m1/s1. The van der Waals surface area contributed by atoms with Crippen molar-refractivity contribution in [3.05, 3.63) is 41.1 Å². The number of carbonyl (C=O) groups is 1. The Kier molecular flexibility index (Phi) is 8.20. The van der Waals surface area contributed by atoms with Crippen LogP contribution in [0.25, 0.3) is 21.9 Å². The van der Waals surface area contributed by atoms with Crippen molar-refractivity contribution in [2.75, 3.05) is 19.5 Å². The molecule has 1 aliphatic rings. The highest BCUT2D eigenvalue weighted by molar-refractivity contribution is 9.10. The average Bonchev–Trinajstić information content (AvgIpc) is 3.38. The van der Waals surface area contributed by atoms with Gasteiger partial charge in [-0.2, -0.15) is 9.97 Å².